The molecule has 3 heterocycles. The zero-order valence-corrected chi connectivity index (χ0v) is 16.0. The van der Waals surface area contributed by atoms with Crippen LogP contribution in [0.2, 0.25) is 0 Å². The molecule has 2 aromatic rings. The Kier molecular flexibility index (Phi) is 4.83. The summed E-state index contributed by atoms with van der Waals surface area (Å²) in [6.07, 6.45) is 5.02. The zero-order chi connectivity index (χ0) is 19.7. The second-order valence-electron chi connectivity index (χ2n) is 7.99. The first-order valence-corrected chi connectivity index (χ1v) is 9.85. The molecule has 0 radical (unpaired) electrons. The molecule has 4 rings (SSSR count). The van der Waals surface area contributed by atoms with Gasteiger partial charge in [0.2, 0.25) is 11.8 Å². The number of amides is 2. The number of fused-ring (bicyclic) bond motifs is 1. The monoisotopic (exact) mass is 382 g/mol. The standard InChI is InChI=1S/C21H26N4O3/c1-2-11-24-15-21(8-7-18(24)26)9-12-23(13-10-21)19(27)14-25-20(28)16-5-3-4-6-17(16)22-25/h2-6,22H,1,7-15H2. The molecule has 2 aliphatic heterocycles. The Morgan fingerprint density at radius 2 is 1.93 bits per heavy atom. The first-order chi connectivity index (χ1) is 13.5. The van der Waals surface area contributed by atoms with Crippen molar-refractivity contribution < 1.29 is 9.59 Å². The number of nitrogens with zero attached hydrogens (tertiary/aromatic N) is 3. The van der Waals surface area contributed by atoms with Gasteiger partial charge in [0, 0.05) is 32.6 Å². The molecule has 2 aliphatic rings. The number of hydrogen-bond donors (Lipinski definition) is 1. The van der Waals surface area contributed by atoms with E-state index in [9.17, 15) is 14.4 Å². The van der Waals surface area contributed by atoms with E-state index in [1.54, 1.807) is 12.1 Å². The van der Waals surface area contributed by atoms with E-state index in [2.05, 4.69) is 11.7 Å². The van der Waals surface area contributed by atoms with Gasteiger partial charge in [0.25, 0.3) is 5.56 Å². The third-order valence-electron chi connectivity index (χ3n) is 6.23. The fraction of sp³-hybridized carbons (Fsp3) is 0.476. The number of rotatable bonds is 4. The molecule has 0 atom stereocenters. The molecule has 2 saturated heterocycles. The molecule has 7 heteroatoms. The highest BCUT2D eigenvalue weighted by Gasteiger charge is 2.41. The Hall–Kier alpha value is -2.83. The number of aromatic amines is 1. The van der Waals surface area contributed by atoms with Gasteiger partial charge in [-0.15, -0.1) is 6.58 Å². The first-order valence-electron chi connectivity index (χ1n) is 9.85. The van der Waals surface area contributed by atoms with Crippen molar-refractivity contribution in [2.24, 2.45) is 5.41 Å². The fourth-order valence-electron chi connectivity index (χ4n) is 4.52. The van der Waals surface area contributed by atoms with Crippen LogP contribution in [-0.4, -0.2) is 57.6 Å². The van der Waals surface area contributed by atoms with Crippen LogP contribution in [0.1, 0.15) is 25.7 Å². The summed E-state index contributed by atoms with van der Waals surface area (Å²) in [5, 5.41) is 3.62. The number of para-hydroxylation sites is 1. The summed E-state index contributed by atoms with van der Waals surface area (Å²) in [5.74, 6) is 0.153. The van der Waals surface area contributed by atoms with Crippen molar-refractivity contribution in [2.45, 2.75) is 32.2 Å². The van der Waals surface area contributed by atoms with Crippen molar-refractivity contribution in [3.8, 4) is 0 Å². The van der Waals surface area contributed by atoms with Crippen molar-refractivity contribution in [1.82, 2.24) is 19.6 Å². The van der Waals surface area contributed by atoms with Gasteiger partial charge >= 0.3 is 0 Å². The Morgan fingerprint density at radius 1 is 1.18 bits per heavy atom. The van der Waals surface area contributed by atoms with Gasteiger partial charge in [0.15, 0.2) is 0 Å². The van der Waals surface area contributed by atoms with Gasteiger partial charge in [-0.1, -0.05) is 18.2 Å². The predicted molar refractivity (Wildman–Crippen MR) is 107 cm³/mol. The molecule has 0 saturated carbocycles. The highest BCUT2D eigenvalue weighted by molar-refractivity contribution is 5.80. The molecule has 0 aliphatic carbocycles. The van der Waals surface area contributed by atoms with Crippen LogP contribution in [0.5, 0.6) is 0 Å². The average molecular weight is 382 g/mol. The highest BCUT2D eigenvalue weighted by Crippen LogP contribution is 2.40. The summed E-state index contributed by atoms with van der Waals surface area (Å²) in [7, 11) is 0. The van der Waals surface area contributed by atoms with E-state index in [0.717, 1.165) is 31.3 Å². The Balaban J connectivity index is 1.40. The number of carbonyl (C=O) groups excluding carboxylic acids is 2. The topological polar surface area (TPSA) is 78.4 Å². The number of aromatic nitrogens is 2. The van der Waals surface area contributed by atoms with Crippen molar-refractivity contribution >= 4 is 22.7 Å². The lowest BCUT2D eigenvalue weighted by molar-refractivity contribution is -0.142. The van der Waals surface area contributed by atoms with Gasteiger partial charge in [-0.2, -0.15) is 0 Å². The number of H-pyrrole nitrogens is 1. The molecule has 1 aromatic carbocycles. The smallest absolute Gasteiger partial charge is 0.274 e. The molecule has 28 heavy (non-hydrogen) atoms. The first kappa shape index (κ1) is 18.5. The van der Waals surface area contributed by atoms with Crippen LogP contribution in [0.15, 0.2) is 41.7 Å². The van der Waals surface area contributed by atoms with Crippen LogP contribution in [0, 0.1) is 5.41 Å². The second-order valence-corrected chi connectivity index (χ2v) is 7.99. The number of nitrogens with one attached hydrogen (secondary N) is 1. The van der Waals surface area contributed by atoms with Crippen LogP contribution in [0.25, 0.3) is 10.9 Å². The Bertz CT molecular complexity index is 965. The van der Waals surface area contributed by atoms with E-state index in [4.69, 9.17) is 0 Å². The highest BCUT2D eigenvalue weighted by atomic mass is 16.2. The average Bonchev–Trinajstić information content (AvgIpc) is 3.01. The third-order valence-corrected chi connectivity index (χ3v) is 6.23. The van der Waals surface area contributed by atoms with Gasteiger partial charge in [0.05, 0.1) is 10.9 Å². The molecule has 1 N–H and O–H groups in total. The minimum atomic E-state index is -0.164. The maximum absolute atomic E-state index is 12.8. The largest absolute Gasteiger partial charge is 0.341 e. The fourth-order valence-corrected chi connectivity index (χ4v) is 4.52. The molecule has 1 spiro atoms. The number of piperidine rings is 2. The quantitative estimate of drug-likeness (QED) is 0.819. The summed E-state index contributed by atoms with van der Waals surface area (Å²) in [5.41, 5.74) is 0.682. The van der Waals surface area contributed by atoms with Gasteiger partial charge in [-0.3, -0.25) is 19.5 Å². The Morgan fingerprint density at radius 3 is 2.64 bits per heavy atom. The molecule has 7 nitrogen and oxygen atoms in total. The van der Waals surface area contributed by atoms with Crippen LogP contribution < -0.4 is 5.56 Å². The van der Waals surface area contributed by atoms with Gasteiger partial charge in [0.1, 0.15) is 6.54 Å². The number of benzene rings is 1. The number of likely N-dealkylation sites (tertiary alicyclic amines) is 2. The summed E-state index contributed by atoms with van der Waals surface area (Å²) < 4.78 is 1.39. The van der Waals surface area contributed by atoms with Crippen LogP contribution in [-0.2, 0) is 16.1 Å². The lowest BCUT2D eigenvalue weighted by atomic mass is 9.72. The summed E-state index contributed by atoms with van der Waals surface area (Å²) in [6, 6.07) is 7.28. The predicted octanol–water partition coefficient (Wildman–Crippen LogP) is 1.75. The summed E-state index contributed by atoms with van der Waals surface area (Å²) >= 11 is 0. The van der Waals surface area contributed by atoms with Crippen LogP contribution >= 0.6 is 0 Å². The van der Waals surface area contributed by atoms with Gasteiger partial charge in [-0.25, -0.2) is 4.68 Å². The van der Waals surface area contributed by atoms with E-state index in [1.807, 2.05) is 28.0 Å². The van der Waals surface area contributed by atoms with Crippen LogP contribution in [0.4, 0.5) is 0 Å². The maximum Gasteiger partial charge on any atom is 0.274 e. The molecular formula is C21H26N4O3. The van der Waals surface area contributed by atoms with Crippen LogP contribution in [0.3, 0.4) is 0 Å². The molecule has 148 valence electrons. The van der Waals surface area contributed by atoms with Gasteiger partial charge < -0.3 is 9.80 Å². The lowest BCUT2D eigenvalue weighted by Gasteiger charge is -2.47. The van der Waals surface area contributed by atoms with E-state index in [0.29, 0.717) is 31.4 Å². The van der Waals surface area contributed by atoms with E-state index >= 15 is 0 Å². The summed E-state index contributed by atoms with van der Waals surface area (Å²) in [6.45, 7) is 6.45. The lowest BCUT2D eigenvalue weighted by Crippen LogP contribution is -2.52. The SMILES string of the molecule is C=CCN1CC2(CCC1=O)CCN(C(=O)Cn1[nH]c3ccccc3c1=O)CC2. The molecular weight excluding hydrogens is 356 g/mol. The maximum atomic E-state index is 12.8. The minimum absolute atomic E-state index is 0.0294. The van der Waals surface area contributed by atoms with Crippen molar-refractivity contribution in [3.05, 3.63) is 47.3 Å². The number of carbonyl (C=O) groups is 2. The minimum Gasteiger partial charge on any atom is -0.341 e. The van der Waals surface area contributed by atoms with E-state index < -0.39 is 0 Å². The molecule has 0 bridgehead atoms. The van der Waals surface area contributed by atoms with Gasteiger partial charge in [-0.05, 0) is 36.8 Å². The molecule has 2 fully saturated rings. The third kappa shape index (κ3) is 3.37. The Labute approximate surface area is 163 Å². The van der Waals surface area contributed by atoms with Crippen molar-refractivity contribution in [3.63, 3.8) is 0 Å². The second kappa shape index (κ2) is 7.30. The van der Waals surface area contributed by atoms with E-state index in [1.165, 1.54) is 4.68 Å². The van der Waals surface area contributed by atoms with Crippen molar-refractivity contribution in [2.75, 3.05) is 26.2 Å². The number of hydrogen-bond acceptors (Lipinski definition) is 3. The zero-order valence-electron chi connectivity index (χ0n) is 16.0. The van der Waals surface area contributed by atoms with E-state index in [-0.39, 0.29) is 29.3 Å². The summed E-state index contributed by atoms with van der Waals surface area (Å²) in [4.78, 5) is 41.0. The normalized spacial score (nSPS) is 19.4. The molecule has 0 unspecified atom stereocenters. The molecule has 2 amide bonds. The molecule has 1 aromatic heterocycles. The van der Waals surface area contributed by atoms with Crippen molar-refractivity contribution in [1.29, 1.82) is 0 Å².